The third-order valence-electron chi connectivity index (χ3n) is 5.42. The van der Waals surface area contributed by atoms with Crippen molar-refractivity contribution in [3.63, 3.8) is 0 Å². The Morgan fingerprint density at radius 1 is 1.29 bits per heavy atom. The number of rotatable bonds is 5. The lowest BCUT2D eigenvalue weighted by molar-refractivity contribution is -0.136. The van der Waals surface area contributed by atoms with E-state index < -0.39 is 0 Å². The summed E-state index contributed by atoms with van der Waals surface area (Å²) in [7, 11) is 1.52. The normalized spacial score (nSPS) is 23.7. The van der Waals surface area contributed by atoms with Gasteiger partial charge in [0, 0.05) is 30.8 Å². The predicted octanol–water partition coefficient (Wildman–Crippen LogP) is 3.11. The van der Waals surface area contributed by atoms with Gasteiger partial charge < -0.3 is 15.0 Å². The van der Waals surface area contributed by atoms with Crippen molar-refractivity contribution in [2.75, 3.05) is 20.2 Å². The number of nitrogens with one attached hydrogen (secondary N) is 1. The zero-order valence-electron chi connectivity index (χ0n) is 14.4. The highest BCUT2D eigenvalue weighted by Gasteiger charge is 2.35. The molecule has 2 fully saturated rings. The molecule has 1 N–H and O–H groups in total. The molecule has 1 amide bonds. The van der Waals surface area contributed by atoms with Crippen molar-refractivity contribution in [1.82, 2.24) is 10.2 Å². The Balaban J connectivity index is 1.52. The number of methoxy groups -OCH3 is 1. The summed E-state index contributed by atoms with van der Waals surface area (Å²) in [5.41, 5.74) is 0.554. The van der Waals surface area contributed by atoms with Gasteiger partial charge in [0.05, 0.1) is 13.7 Å². The van der Waals surface area contributed by atoms with Crippen LogP contribution in [0.1, 0.15) is 44.1 Å². The number of piperidine rings is 1. The molecule has 1 aliphatic carbocycles. The van der Waals surface area contributed by atoms with Gasteiger partial charge in [-0.3, -0.25) is 4.79 Å². The highest BCUT2D eigenvalue weighted by molar-refractivity contribution is 5.78. The maximum Gasteiger partial charge on any atom is 0.236 e. The van der Waals surface area contributed by atoms with Gasteiger partial charge in [0.2, 0.25) is 5.91 Å². The lowest BCUT2D eigenvalue weighted by atomic mass is 9.78. The van der Waals surface area contributed by atoms with E-state index in [1.54, 1.807) is 12.1 Å². The van der Waals surface area contributed by atoms with E-state index in [4.69, 9.17) is 4.74 Å². The van der Waals surface area contributed by atoms with E-state index in [0.717, 1.165) is 19.4 Å². The van der Waals surface area contributed by atoms with Crippen LogP contribution in [0.4, 0.5) is 4.39 Å². The minimum absolute atomic E-state index is 0.153. The standard InChI is InChI=1S/C19H27FN2O2/c1-24-16-9-8-15(17(20)11-16)12-21-13-19(23)22-10-4-6-14-5-2-3-7-18(14)22/h8-9,11,14,18,21H,2-7,10,12-13H2,1H3. The molecule has 4 nitrogen and oxygen atoms in total. The molecular formula is C19H27FN2O2. The van der Waals surface area contributed by atoms with Gasteiger partial charge in [-0.05, 0) is 37.7 Å². The summed E-state index contributed by atoms with van der Waals surface area (Å²) in [5, 5.41) is 3.10. The zero-order valence-corrected chi connectivity index (χ0v) is 14.4. The monoisotopic (exact) mass is 334 g/mol. The second-order valence-electron chi connectivity index (χ2n) is 6.90. The zero-order chi connectivity index (χ0) is 16.9. The van der Waals surface area contributed by atoms with E-state index in [-0.39, 0.29) is 18.3 Å². The summed E-state index contributed by atoms with van der Waals surface area (Å²) in [6.07, 6.45) is 7.31. The number of ether oxygens (including phenoxy) is 1. The van der Waals surface area contributed by atoms with Crippen molar-refractivity contribution in [1.29, 1.82) is 0 Å². The fourth-order valence-electron chi connectivity index (χ4n) is 4.14. The fourth-order valence-corrected chi connectivity index (χ4v) is 4.14. The topological polar surface area (TPSA) is 41.6 Å². The number of nitrogens with zero attached hydrogens (tertiary/aromatic N) is 1. The average molecular weight is 334 g/mol. The highest BCUT2D eigenvalue weighted by Crippen LogP contribution is 2.35. The molecule has 2 atom stereocenters. The molecule has 1 saturated heterocycles. The van der Waals surface area contributed by atoms with Crippen molar-refractivity contribution in [3.8, 4) is 5.75 Å². The molecule has 1 aliphatic heterocycles. The van der Waals surface area contributed by atoms with Crippen molar-refractivity contribution in [2.45, 2.75) is 51.1 Å². The number of carbonyl (C=O) groups is 1. The third-order valence-corrected chi connectivity index (χ3v) is 5.42. The number of likely N-dealkylation sites (tertiary alicyclic amines) is 1. The Bertz CT molecular complexity index is 576. The molecular weight excluding hydrogens is 307 g/mol. The summed E-state index contributed by atoms with van der Waals surface area (Å²) in [5.74, 6) is 1.04. The lowest BCUT2D eigenvalue weighted by Crippen LogP contribution is -2.51. The average Bonchev–Trinajstić information content (AvgIpc) is 2.62. The molecule has 3 rings (SSSR count). The van der Waals surface area contributed by atoms with Gasteiger partial charge in [-0.15, -0.1) is 0 Å². The number of amides is 1. The first kappa shape index (κ1) is 17.2. The quantitative estimate of drug-likeness (QED) is 0.900. The molecule has 2 aliphatic rings. The van der Waals surface area contributed by atoms with Crippen LogP contribution >= 0.6 is 0 Å². The Hall–Kier alpha value is -1.62. The smallest absolute Gasteiger partial charge is 0.236 e. The van der Waals surface area contributed by atoms with Gasteiger partial charge in [-0.1, -0.05) is 18.9 Å². The second-order valence-corrected chi connectivity index (χ2v) is 6.90. The van der Waals surface area contributed by atoms with Crippen LogP contribution in [0.3, 0.4) is 0 Å². The number of hydrogen-bond donors (Lipinski definition) is 1. The number of fused-ring (bicyclic) bond motifs is 1. The molecule has 132 valence electrons. The Morgan fingerprint density at radius 2 is 2.08 bits per heavy atom. The van der Waals surface area contributed by atoms with Crippen molar-refractivity contribution < 1.29 is 13.9 Å². The molecule has 5 heteroatoms. The van der Waals surface area contributed by atoms with E-state index in [0.29, 0.717) is 29.8 Å². The van der Waals surface area contributed by atoms with Gasteiger partial charge in [-0.25, -0.2) is 4.39 Å². The maximum absolute atomic E-state index is 13.9. The van der Waals surface area contributed by atoms with Crippen LogP contribution in [-0.4, -0.2) is 37.0 Å². The Labute approximate surface area is 143 Å². The SMILES string of the molecule is COc1ccc(CNCC(=O)N2CCCC3CCCCC32)c(F)c1. The Kier molecular flexibility index (Phi) is 5.72. The highest BCUT2D eigenvalue weighted by atomic mass is 19.1. The summed E-state index contributed by atoms with van der Waals surface area (Å²) >= 11 is 0. The molecule has 0 bridgehead atoms. The molecule has 1 aromatic carbocycles. The lowest BCUT2D eigenvalue weighted by Gasteiger charge is -2.44. The molecule has 24 heavy (non-hydrogen) atoms. The van der Waals surface area contributed by atoms with E-state index >= 15 is 0 Å². The van der Waals surface area contributed by atoms with Crippen LogP contribution < -0.4 is 10.1 Å². The van der Waals surface area contributed by atoms with Crippen LogP contribution in [0, 0.1) is 11.7 Å². The largest absolute Gasteiger partial charge is 0.497 e. The van der Waals surface area contributed by atoms with E-state index in [9.17, 15) is 9.18 Å². The Morgan fingerprint density at radius 3 is 2.88 bits per heavy atom. The predicted molar refractivity (Wildman–Crippen MR) is 91.4 cm³/mol. The van der Waals surface area contributed by atoms with Gasteiger partial charge in [0.15, 0.2) is 0 Å². The molecule has 0 aromatic heterocycles. The van der Waals surface area contributed by atoms with Gasteiger partial charge in [0.1, 0.15) is 11.6 Å². The second kappa shape index (κ2) is 7.97. The third kappa shape index (κ3) is 3.89. The van der Waals surface area contributed by atoms with Gasteiger partial charge >= 0.3 is 0 Å². The molecule has 1 heterocycles. The first-order valence-electron chi connectivity index (χ1n) is 9.01. The molecule has 2 unspecified atom stereocenters. The molecule has 1 aromatic rings. The summed E-state index contributed by atoms with van der Waals surface area (Å²) in [6, 6.07) is 5.23. The first-order valence-corrected chi connectivity index (χ1v) is 9.01. The number of halogens is 1. The maximum atomic E-state index is 13.9. The number of carbonyl (C=O) groups excluding carboxylic acids is 1. The van der Waals surface area contributed by atoms with Crippen LogP contribution in [-0.2, 0) is 11.3 Å². The molecule has 0 radical (unpaired) electrons. The number of hydrogen-bond acceptors (Lipinski definition) is 3. The van der Waals surface area contributed by atoms with Crippen LogP contribution in [0.2, 0.25) is 0 Å². The minimum Gasteiger partial charge on any atom is -0.497 e. The van der Waals surface area contributed by atoms with Gasteiger partial charge in [-0.2, -0.15) is 0 Å². The van der Waals surface area contributed by atoms with Crippen molar-refractivity contribution in [3.05, 3.63) is 29.6 Å². The van der Waals surface area contributed by atoms with Crippen LogP contribution in [0.5, 0.6) is 5.75 Å². The minimum atomic E-state index is -0.306. The van der Waals surface area contributed by atoms with Crippen LogP contribution in [0.25, 0.3) is 0 Å². The van der Waals surface area contributed by atoms with Crippen molar-refractivity contribution >= 4 is 5.91 Å². The summed E-state index contributed by atoms with van der Waals surface area (Å²) in [4.78, 5) is 14.7. The summed E-state index contributed by atoms with van der Waals surface area (Å²) in [6.45, 7) is 1.50. The van der Waals surface area contributed by atoms with Gasteiger partial charge in [0.25, 0.3) is 0 Å². The van der Waals surface area contributed by atoms with E-state index in [1.807, 2.05) is 0 Å². The van der Waals surface area contributed by atoms with Crippen molar-refractivity contribution in [2.24, 2.45) is 5.92 Å². The molecule has 0 spiro atoms. The number of benzene rings is 1. The van der Waals surface area contributed by atoms with Crippen LogP contribution in [0.15, 0.2) is 18.2 Å². The summed E-state index contributed by atoms with van der Waals surface area (Å²) < 4.78 is 18.9. The first-order chi connectivity index (χ1) is 11.7. The van der Waals surface area contributed by atoms with E-state index in [1.165, 1.54) is 38.9 Å². The molecule has 1 saturated carbocycles. The fraction of sp³-hybridized carbons (Fsp3) is 0.632. The van der Waals surface area contributed by atoms with E-state index in [2.05, 4.69) is 10.2 Å².